The minimum Gasteiger partial charge on any atom is -0.385 e. The van der Waals surface area contributed by atoms with Crippen LogP contribution in [-0.2, 0) is 9.53 Å². The molecule has 0 aromatic rings. The van der Waals surface area contributed by atoms with Gasteiger partial charge in [-0.1, -0.05) is 19.8 Å². The summed E-state index contributed by atoms with van der Waals surface area (Å²) in [5, 5.41) is 0. The number of amides is 1. The van der Waals surface area contributed by atoms with Crippen molar-refractivity contribution in [2.24, 2.45) is 5.92 Å². The highest BCUT2D eigenvalue weighted by atomic mass is 16.5. The van der Waals surface area contributed by atoms with Crippen LogP contribution in [0.15, 0.2) is 0 Å². The van der Waals surface area contributed by atoms with Gasteiger partial charge in [0.1, 0.15) is 0 Å². The SMILES string of the molecule is COCCCC(C)C(=O)N1CCCC(N2CCCCCC2)C1. The van der Waals surface area contributed by atoms with Crippen molar-refractivity contribution in [3.63, 3.8) is 0 Å². The predicted molar refractivity (Wildman–Crippen MR) is 89.9 cm³/mol. The van der Waals surface area contributed by atoms with E-state index in [0.29, 0.717) is 11.9 Å². The maximum atomic E-state index is 12.7. The molecule has 22 heavy (non-hydrogen) atoms. The molecule has 1 amide bonds. The Hall–Kier alpha value is -0.610. The smallest absolute Gasteiger partial charge is 0.225 e. The number of nitrogens with zero attached hydrogens (tertiary/aromatic N) is 2. The zero-order chi connectivity index (χ0) is 15.8. The van der Waals surface area contributed by atoms with Gasteiger partial charge >= 0.3 is 0 Å². The summed E-state index contributed by atoms with van der Waals surface area (Å²) in [6.07, 6.45) is 9.77. The van der Waals surface area contributed by atoms with Crippen molar-refractivity contribution in [3.8, 4) is 0 Å². The minimum absolute atomic E-state index is 0.137. The summed E-state index contributed by atoms with van der Waals surface area (Å²) in [6, 6.07) is 0.599. The first kappa shape index (κ1) is 17.7. The summed E-state index contributed by atoms with van der Waals surface area (Å²) in [6.45, 7) is 7.21. The molecular weight excluding hydrogens is 276 g/mol. The quantitative estimate of drug-likeness (QED) is 0.707. The third kappa shape index (κ3) is 5.24. The normalized spacial score (nSPS) is 25.7. The Morgan fingerprint density at radius 3 is 2.55 bits per heavy atom. The molecule has 4 nitrogen and oxygen atoms in total. The molecule has 0 saturated carbocycles. The van der Waals surface area contributed by atoms with Crippen molar-refractivity contribution in [3.05, 3.63) is 0 Å². The van der Waals surface area contributed by atoms with E-state index in [1.807, 2.05) is 0 Å². The fourth-order valence-corrected chi connectivity index (χ4v) is 3.88. The molecule has 0 aromatic heterocycles. The number of methoxy groups -OCH3 is 1. The second-order valence-corrected chi connectivity index (χ2v) is 7.07. The topological polar surface area (TPSA) is 32.8 Å². The summed E-state index contributed by atoms with van der Waals surface area (Å²) >= 11 is 0. The summed E-state index contributed by atoms with van der Waals surface area (Å²) in [4.78, 5) is 17.4. The summed E-state index contributed by atoms with van der Waals surface area (Å²) in [5.41, 5.74) is 0. The van der Waals surface area contributed by atoms with Crippen molar-refractivity contribution >= 4 is 5.91 Å². The number of piperidine rings is 1. The fourth-order valence-electron chi connectivity index (χ4n) is 3.88. The molecule has 2 fully saturated rings. The predicted octanol–water partition coefficient (Wildman–Crippen LogP) is 2.92. The first-order chi connectivity index (χ1) is 10.7. The van der Waals surface area contributed by atoms with E-state index in [0.717, 1.165) is 39.0 Å². The van der Waals surface area contributed by atoms with Crippen LogP contribution in [0.3, 0.4) is 0 Å². The van der Waals surface area contributed by atoms with Crippen LogP contribution in [0.2, 0.25) is 0 Å². The molecule has 0 N–H and O–H groups in total. The third-order valence-electron chi connectivity index (χ3n) is 5.27. The molecule has 2 saturated heterocycles. The Labute approximate surface area is 136 Å². The van der Waals surface area contributed by atoms with Crippen LogP contribution in [0, 0.1) is 5.92 Å². The zero-order valence-corrected chi connectivity index (χ0v) is 14.6. The van der Waals surface area contributed by atoms with Crippen molar-refractivity contribution in [1.82, 2.24) is 9.80 Å². The van der Waals surface area contributed by atoms with Crippen LogP contribution < -0.4 is 0 Å². The van der Waals surface area contributed by atoms with Gasteiger partial charge in [-0.15, -0.1) is 0 Å². The highest BCUT2D eigenvalue weighted by Crippen LogP contribution is 2.22. The summed E-state index contributed by atoms with van der Waals surface area (Å²) < 4.78 is 5.09. The lowest BCUT2D eigenvalue weighted by Crippen LogP contribution is -2.51. The third-order valence-corrected chi connectivity index (χ3v) is 5.27. The minimum atomic E-state index is 0.137. The highest BCUT2D eigenvalue weighted by Gasteiger charge is 2.29. The van der Waals surface area contributed by atoms with Crippen LogP contribution in [0.25, 0.3) is 0 Å². The number of rotatable bonds is 6. The Morgan fingerprint density at radius 2 is 1.86 bits per heavy atom. The molecule has 0 radical (unpaired) electrons. The Bertz CT molecular complexity index is 327. The van der Waals surface area contributed by atoms with Gasteiger partial charge in [0.25, 0.3) is 0 Å². The fraction of sp³-hybridized carbons (Fsp3) is 0.944. The average Bonchev–Trinajstić information content (AvgIpc) is 2.83. The van der Waals surface area contributed by atoms with E-state index in [1.54, 1.807) is 7.11 Å². The van der Waals surface area contributed by atoms with E-state index < -0.39 is 0 Å². The van der Waals surface area contributed by atoms with E-state index in [-0.39, 0.29) is 5.92 Å². The van der Waals surface area contributed by atoms with Crippen LogP contribution in [0.1, 0.15) is 58.3 Å². The first-order valence-electron chi connectivity index (χ1n) is 9.24. The zero-order valence-electron chi connectivity index (χ0n) is 14.6. The van der Waals surface area contributed by atoms with Gasteiger partial charge in [0.2, 0.25) is 5.91 Å². The average molecular weight is 310 g/mol. The maximum absolute atomic E-state index is 12.7. The molecule has 4 heteroatoms. The van der Waals surface area contributed by atoms with Crippen molar-refractivity contribution < 1.29 is 9.53 Å². The van der Waals surface area contributed by atoms with Crippen LogP contribution in [-0.4, -0.2) is 61.6 Å². The van der Waals surface area contributed by atoms with Gasteiger partial charge in [0.15, 0.2) is 0 Å². The summed E-state index contributed by atoms with van der Waals surface area (Å²) in [7, 11) is 1.73. The molecule has 0 spiro atoms. The first-order valence-corrected chi connectivity index (χ1v) is 9.24. The molecule has 2 rings (SSSR count). The van der Waals surface area contributed by atoms with Gasteiger partial charge in [-0.3, -0.25) is 9.69 Å². The molecule has 2 atom stereocenters. The standard InChI is InChI=1S/C18H34N2O2/c1-16(9-8-14-22-2)18(21)20-13-7-10-17(15-20)19-11-5-3-4-6-12-19/h16-17H,3-15H2,1-2H3. The number of likely N-dealkylation sites (tertiary alicyclic amines) is 2. The molecule has 2 heterocycles. The van der Waals surface area contributed by atoms with Crippen LogP contribution >= 0.6 is 0 Å². The lowest BCUT2D eigenvalue weighted by molar-refractivity contribution is -0.137. The van der Waals surface area contributed by atoms with Gasteiger partial charge in [-0.25, -0.2) is 0 Å². The van der Waals surface area contributed by atoms with Gasteiger partial charge in [-0.2, -0.15) is 0 Å². The molecule has 128 valence electrons. The molecule has 2 aliphatic heterocycles. The van der Waals surface area contributed by atoms with Gasteiger partial charge < -0.3 is 9.64 Å². The number of carbonyl (C=O) groups is 1. The number of hydrogen-bond acceptors (Lipinski definition) is 3. The molecule has 0 aliphatic carbocycles. The molecule has 0 bridgehead atoms. The molecular formula is C18H34N2O2. The monoisotopic (exact) mass is 310 g/mol. The molecule has 2 aliphatic rings. The maximum Gasteiger partial charge on any atom is 0.225 e. The summed E-state index contributed by atoms with van der Waals surface area (Å²) in [5.74, 6) is 0.494. The number of hydrogen-bond donors (Lipinski definition) is 0. The largest absolute Gasteiger partial charge is 0.385 e. The second kappa shape index (κ2) is 9.51. The van der Waals surface area contributed by atoms with Crippen molar-refractivity contribution in [2.75, 3.05) is 39.9 Å². The Morgan fingerprint density at radius 1 is 1.14 bits per heavy atom. The molecule has 0 aromatic carbocycles. The molecule has 2 unspecified atom stereocenters. The Kier molecular flexibility index (Phi) is 7.67. The van der Waals surface area contributed by atoms with Gasteiger partial charge in [0.05, 0.1) is 0 Å². The van der Waals surface area contributed by atoms with E-state index in [2.05, 4.69) is 16.7 Å². The van der Waals surface area contributed by atoms with Crippen molar-refractivity contribution in [1.29, 1.82) is 0 Å². The second-order valence-electron chi connectivity index (χ2n) is 7.07. The van der Waals surface area contributed by atoms with Gasteiger partial charge in [-0.05, 0) is 51.6 Å². The van der Waals surface area contributed by atoms with E-state index in [1.165, 1.54) is 45.2 Å². The van der Waals surface area contributed by atoms with E-state index in [4.69, 9.17) is 4.74 Å². The number of ether oxygens (including phenoxy) is 1. The van der Waals surface area contributed by atoms with Crippen molar-refractivity contribution in [2.45, 2.75) is 64.3 Å². The lowest BCUT2D eigenvalue weighted by Gasteiger charge is -2.40. The highest BCUT2D eigenvalue weighted by molar-refractivity contribution is 5.78. The number of carbonyl (C=O) groups excluding carboxylic acids is 1. The van der Waals surface area contributed by atoms with Gasteiger partial charge in [0, 0.05) is 38.8 Å². The van der Waals surface area contributed by atoms with Crippen LogP contribution in [0.5, 0.6) is 0 Å². The van der Waals surface area contributed by atoms with E-state index >= 15 is 0 Å². The van der Waals surface area contributed by atoms with E-state index in [9.17, 15) is 4.79 Å². The lowest BCUT2D eigenvalue weighted by atomic mass is 9.99. The Balaban J connectivity index is 1.82. The van der Waals surface area contributed by atoms with Crippen LogP contribution in [0.4, 0.5) is 0 Å².